The van der Waals surface area contributed by atoms with Crippen molar-refractivity contribution in [3.8, 4) is 0 Å². The van der Waals surface area contributed by atoms with Crippen molar-refractivity contribution in [1.29, 1.82) is 0 Å². The van der Waals surface area contributed by atoms with E-state index in [-0.39, 0.29) is 23.3 Å². The van der Waals surface area contributed by atoms with Crippen molar-refractivity contribution in [2.75, 3.05) is 37.7 Å². The molecule has 4 rings (SSSR count). The SMILES string of the molecule is O=C(CC1CCS(=O)(=O)C1)N1CCN(Cc2cccc3ccccc23)CC1. The Kier molecular flexibility index (Phi) is 5.19. The van der Waals surface area contributed by atoms with Crippen molar-refractivity contribution >= 4 is 26.5 Å². The summed E-state index contributed by atoms with van der Waals surface area (Å²) in [6.45, 7) is 4.06. The van der Waals surface area contributed by atoms with E-state index in [1.807, 2.05) is 4.90 Å². The number of hydrogen-bond acceptors (Lipinski definition) is 4. The summed E-state index contributed by atoms with van der Waals surface area (Å²) >= 11 is 0. The standard InChI is InChI=1S/C21H26N2O3S/c24-21(14-17-8-13-27(25,26)16-17)23-11-9-22(10-12-23)15-19-6-3-5-18-4-1-2-7-20(18)19/h1-7,17H,8-16H2. The van der Waals surface area contributed by atoms with Crippen LogP contribution in [0.25, 0.3) is 10.8 Å². The van der Waals surface area contributed by atoms with E-state index in [0.29, 0.717) is 12.8 Å². The highest BCUT2D eigenvalue weighted by Crippen LogP contribution is 2.23. The molecule has 0 saturated carbocycles. The number of amides is 1. The highest BCUT2D eigenvalue weighted by atomic mass is 32.2. The second-order valence-corrected chi connectivity index (χ2v) is 10.00. The van der Waals surface area contributed by atoms with Crippen molar-refractivity contribution in [2.45, 2.75) is 19.4 Å². The molecule has 1 amide bonds. The first-order valence-corrected chi connectivity index (χ1v) is 11.5. The van der Waals surface area contributed by atoms with Gasteiger partial charge in [0, 0.05) is 39.1 Å². The van der Waals surface area contributed by atoms with Gasteiger partial charge in [-0.25, -0.2) is 8.42 Å². The molecule has 5 nitrogen and oxygen atoms in total. The second-order valence-electron chi connectivity index (χ2n) is 7.77. The number of rotatable bonds is 4. The molecule has 0 bridgehead atoms. The van der Waals surface area contributed by atoms with Crippen molar-refractivity contribution in [3.63, 3.8) is 0 Å². The third-order valence-corrected chi connectivity index (χ3v) is 7.63. The molecule has 2 aliphatic heterocycles. The summed E-state index contributed by atoms with van der Waals surface area (Å²) in [5.41, 5.74) is 1.32. The van der Waals surface area contributed by atoms with Gasteiger partial charge in [-0.2, -0.15) is 0 Å². The van der Waals surface area contributed by atoms with E-state index in [1.165, 1.54) is 16.3 Å². The molecule has 0 radical (unpaired) electrons. The normalized spacial score (nSPS) is 23.0. The zero-order valence-corrected chi connectivity index (χ0v) is 16.3. The molecule has 2 saturated heterocycles. The van der Waals surface area contributed by atoms with Gasteiger partial charge in [-0.1, -0.05) is 42.5 Å². The summed E-state index contributed by atoms with van der Waals surface area (Å²) in [4.78, 5) is 16.8. The molecular weight excluding hydrogens is 360 g/mol. The number of hydrogen-bond donors (Lipinski definition) is 0. The Bertz CT molecular complexity index is 928. The van der Waals surface area contributed by atoms with Crippen LogP contribution in [0, 0.1) is 5.92 Å². The van der Waals surface area contributed by atoms with E-state index in [2.05, 4.69) is 47.4 Å². The van der Waals surface area contributed by atoms with Gasteiger partial charge in [-0.15, -0.1) is 0 Å². The minimum Gasteiger partial charge on any atom is -0.340 e. The van der Waals surface area contributed by atoms with Crippen LogP contribution >= 0.6 is 0 Å². The summed E-state index contributed by atoms with van der Waals surface area (Å²) in [6.07, 6.45) is 1.01. The van der Waals surface area contributed by atoms with Crippen molar-refractivity contribution in [1.82, 2.24) is 9.80 Å². The molecule has 2 aromatic rings. The lowest BCUT2D eigenvalue weighted by Crippen LogP contribution is -2.48. The summed E-state index contributed by atoms with van der Waals surface area (Å²) in [5, 5.41) is 2.55. The van der Waals surface area contributed by atoms with Crippen LogP contribution in [0.15, 0.2) is 42.5 Å². The minimum absolute atomic E-state index is 0.0104. The van der Waals surface area contributed by atoms with Crippen LogP contribution in [0.4, 0.5) is 0 Å². The Labute approximate surface area is 160 Å². The summed E-state index contributed by atoms with van der Waals surface area (Å²) in [5.74, 6) is 0.543. The van der Waals surface area contributed by atoms with Gasteiger partial charge < -0.3 is 4.90 Å². The fourth-order valence-electron chi connectivity index (χ4n) is 4.24. The molecule has 1 unspecified atom stereocenters. The van der Waals surface area contributed by atoms with Crippen LogP contribution in [-0.4, -0.2) is 61.8 Å². The molecule has 0 N–H and O–H groups in total. The van der Waals surface area contributed by atoms with E-state index in [4.69, 9.17) is 0 Å². The van der Waals surface area contributed by atoms with E-state index in [0.717, 1.165) is 32.7 Å². The third kappa shape index (κ3) is 4.33. The molecule has 6 heteroatoms. The van der Waals surface area contributed by atoms with E-state index >= 15 is 0 Å². The first kappa shape index (κ1) is 18.4. The lowest BCUT2D eigenvalue weighted by molar-refractivity contribution is -0.133. The van der Waals surface area contributed by atoms with Crippen LogP contribution in [0.3, 0.4) is 0 Å². The Morgan fingerprint density at radius 1 is 1.00 bits per heavy atom. The minimum atomic E-state index is -2.91. The van der Waals surface area contributed by atoms with E-state index in [9.17, 15) is 13.2 Å². The maximum Gasteiger partial charge on any atom is 0.222 e. The Morgan fingerprint density at radius 2 is 1.74 bits per heavy atom. The molecular formula is C21H26N2O3S. The largest absolute Gasteiger partial charge is 0.340 e. The highest BCUT2D eigenvalue weighted by Gasteiger charge is 2.31. The fourth-order valence-corrected chi connectivity index (χ4v) is 6.10. The lowest BCUT2D eigenvalue weighted by atomic mass is 10.0. The lowest BCUT2D eigenvalue weighted by Gasteiger charge is -2.35. The number of carbonyl (C=O) groups excluding carboxylic acids is 1. The molecule has 27 heavy (non-hydrogen) atoms. The van der Waals surface area contributed by atoms with Crippen molar-refractivity contribution in [3.05, 3.63) is 48.0 Å². The van der Waals surface area contributed by atoms with Gasteiger partial charge in [0.15, 0.2) is 9.84 Å². The Hall–Kier alpha value is -1.92. The smallest absolute Gasteiger partial charge is 0.222 e. The van der Waals surface area contributed by atoms with Crippen LogP contribution < -0.4 is 0 Å². The average molecular weight is 387 g/mol. The van der Waals surface area contributed by atoms with Crippen molar-refractivity contribution in [2.24, 2.45) is 5.92 Å². The summed E-state index contributed by atoms with van der Waals surface area (Å²) in [7, 11) is -2.91. The molecule has 0 aromatic heterocycles. The number of fused-ring (bicyclic) bond motifs is 1. The van der Waals surface area contributed by atoms with Crippen LogP contribution in [0.2, 0.25) is 0 Å². The molecule has 2 heterocycles. The van der Waals surface area contributed by atoms with E-state index in [1.54, 1.807) is 0 Å². The quantitative estimate of drug-likeness (QED) is 0.809. The average Bonchev–Trinajstić information content (AvgIpc) is 3.01. The number of carbonyl (C=O) groups is 1. The molecule has 0 spiro atoms. The fraction of sp³-hybridized carbons (Fsp3) is 0.476. The Morgan fingerprint density at radius 3 is 2.48 bits per heavy atom. The number of sulfone groups is 1. The van der Waals surface area contributed by atoms with Gasteiger partial charge in [0.25, 0.3) is 0 Å². The second kappa shape index (κ2) is 7.60. The van der Waals surface area contributed by atoms with Crippen LogP contribution in [0.5, 0.6) is 0 Å². The number of piperazine rings is 1. The predicted molar refractivity (Wildman–Crippen MR) is 107 cm³/mol. The summed E-state index contributed by atoms with van der Waals surface area (Å²) < 4.78 is 23.2. The molecule has 2 fully saturated rings. The number of nitrogens with zero attached hydrogens (tertiary/aromatic N) is 2. The van der Waals surface area contributed by atoms with Gasteiger partial charge in [0.05, 0.1) is 11.5 Å². The first-order chi connectivity index (χ1) is 13.0. The monoisotopic (exact) mass is 386 g/mol. The van der Waals surface area contributed by atoms with Crippen LogP contribution in [0.1, 0.15) is 18.4 Å². The third-order valence-electron chi connectivity index (χ3n) is 5.79. The Balaban J connectivity index is 1.32. The van der Waals surface area contributed by atoms with Gasteiger partial charge in [0.1, 0.15) is 0 Å². The zero-order chi connectivity index (χ0) is 18.9. The van der Waals surface area contributed by atoms with Gasteiger partial charge in [-0.3, -0.25) is 9.69 Å². The molecule has 1 atom stereocenters. The predicted octanol–water partition coefficient (Wildman–Crippen LogP) is 2.31. The first-order valence-electron chi connectivity index (χ1n) is 9.67. The highest BCUT2D eigenvalue weighted by molar-refractivity contribution is 7.91. The van der Waals surface area contributed by atoms with Gasteiger partial charge in [0.2, 0.25) is 5.91 Å². The molecule has 144 valence electrons. The van der Waals surface area contributed by atoms with Gasteiger partial charge in [-0.05, 0) is 28.7 Å². The summed E-state index contributed by atoms with van der Waals surface area (Å²) in [6, 6.07) is 14.9. The molecule has 2 aliphatic rings. The number of benzene rings is 2. The van der Waals surface area contributed by atoms with E-state index < -0.39 is 9.84 Å². The molecule has 0 aliphatic carbocycles. The van der Waals surface area contributed by atoms with Crippen LogP contribution in [-0.2, 0) is 21.2 Å². The van der Waals surface area contributed by atoms with Gasteiger partial charge >= 0.3 is 0 Å². The topological polar surface area (TPSA) is 57.7 Å². The maximum atomic E-state index is 12.5. The zero-order valence-electron chi connectivity index (χ0n) is 15.5. The van der Waals surface area contributed by atoms with Crippen molar-refractivity contribution < 1.29 is 13.2 Å². The molecule has 2 aromatic carbocycles. The maximum absolute atomic E-state index is 12.5.